The van der Waals surface area contributed by atoms with Gasteiger partial charge in [0.2, 0.25) is 0 Å². The average Bonchev–Trinajstić information content (AvgIpc) is 2.71. The molecule has 2 aliphatic heterocycles. The van der Waals surface area contributed by atoms with E-state index in [-0.39, 0.29) is 17.8 Å². The normalized spacial score (nSPS) is 31.7. The molecule has 5 nitrogen and oxygen atoms in total. The highest BCUT2D eigenvalue weighted by molar-refractivity contribution is 5.97. The van der Waals surface area contributed by atoms with Gasteiger partial charge in [-0.25, -0.2) is 0 Å². The van der Waals surface area contributed by atoms with Gasteiger partial charge in [0.25, 0.3) is 0 Å². The van der Waals surface area contributed by atoms with E-state index in [9.17, 15) is 9.59 Å². The van der Waals surface area contributed by atoms with Crippen molar-refractivity contribution in [2.24, 2.45) is 0 Å². The fraction of sp³-hybridized carbons (Fsp3) is 0.692. The molecule has 0 aromatic carbocycles. The van der Waals surface area contributed by atoms with Crippen molar-refractivity contribution < 1.29 is 19.1 Å². The van der Waals surface area contributed by atoms with Gasteiger partial charge in [-0.3, -0.25) is 9.59 Å². The maximum absolute atomic E-state index is 12.1. The molecule has 0 amide bonds. The van der Waals surface area contributed by atoms with Crippen LogP contribution in [0.4, 0.5) is 0 Å². The summed E-state index contributed by atoms with van der Waals surface area (Å²) in [6.45, 7) is 4.28. The topological polar surface area (TPSA) is 64.6 Å². The Morgan fingerprint density at radius 2 is 2.33 bits per heavy atom. The molecule has 0 bridgehead atoms. The summed E-state index contributed by atoms with van der Waals surface area (Å²) < 4.78 is 10.6. The van der Waals surface area contributed by atoms with Crippen LogP contribution in [0.5, 0.6) is 0 Å². The number of hydrogen-bond donors (Lipinski definition) is 1. The number of carbonyl (C=O) groups excluding carboxylic acids is 2. The van der Waals surface area contributed by atoms with Crippen molar-refractivity contribution in [1.29, 1.82) is 0 Å². The first-order chi connectivity index (χ1) is 8.51. The van der Waals surface area contributed by atoms with Crippen LogP contribution in [0.1, 0.15) is 33.1 Å². The number of ether oxygens (including phenoxy) is 2. The number of Topliss-reactive ketones (excluding diaryl/α,β-unsaturated/α-hetero) is 1. The third kappa shape index (κ3) is 2.14. The first kappa shape index (κ1) is 13.1. The molecule has 0 aromatic rings. The number of nitrogens with one attached hydrogen (secondary N) is 1. The SMILES string of the molecule is CCC1=C(C)OC2(CNC(C(=O)OC)C2)CC1=O. The molecule has 2 unspecified atom stereocenters. The molecule has 1 saturated heterocycles. The Morgan fingerprint density at radius 1 is 1.61 bits per heavy atom. The van der Waals surface area contributed by atoms with Gasteiger partial charge in [-0.2, -0.15) is 0 Å². The fourth-order valence-corrected chi connectivity index (χ4v) is 2.81. The van der Waals surface area contributed by atoms with Crippen LogP contribution in [0.25, 0.3) is 0 Å². The second-order valence-corrected chi connectivity index (χ2v) is 4.93. The van der Waals surface area contributed by atoms with Crippen molar-refractivity contribution in [3.05, 3.63) is 11.3 Å². The second kappa shape index (κ2) is 4.72. The first-order valence-electron chi connectivity index (χ1n) is 6.24. The average molecular weight is 253 g/mol. The number of ketones is 1. The smallest absolute Gasteiger partial charge is 0.323 e. The second-order valence-electron chi connectivity index (χ2n) is 4.93. The zero-order valence-electron chi connectivity index (χ0n) is 11.0. The molecule has 1 N–H and O–H groups in total. The molecule has 100 valence electrons. The summed E-state index contributed by atoms with van der Waals surface area (Å²) in [4.78, 5) is 23.5. The molecule has 5 heteroatoms. The van der Waals surface area contributed by atoms with E-state index in [1.807, 2.05) is 13.8 Å². The standard InChI is InChI=1S/C13H19NO4/c1-4-9-8(2)18-13(6-11(9)15)5-10(14-7-13)12(16)17-3/h10,14H,4-7H2,1-3H3. The van der Waals surface area contributed by atoms with Gasteiger partial charge < -0.3 is 14.8 Å². The number of methoxy groups -OCH3 is 1. The molecule has 0 saturated carbocycles. The summed E-state index contributed by atoms with van der Waals surface area (Å²) in [5, 5.41) is 3.07. The van der Waals surface area contributed by atoms with Gasteiger partial charge in [0, 0.05) is 18.5 Å². The predicted octanol–water partition coefficient (Wildman–Crippen LogP) is 0.933. The third-order valence-electron chi connectivity index (χ3n) is 3.70. The Labute approximate surface area is 107 Å². The van der Waals surface area contributed by atoms with Crippen LogP contribution in [0.15, 0.2) is 11.3 Å². The van der Waals surface area contributed by atoms with Crippen molar-refractivity contribution in [3.8, 4) is 0 Å². The highest BCUT2D eigenvalue weighted by Crippen LogP contribution is 2.36. The summed E-state index contributed by atoms with van der Waals surface area (Å²) in [6, 6.07) is -0.376. The minimum absolute atomic E-state index is 0.133. The summed E-state index contributed by atoms with van der Waals surface area (Å²) >= 11 is 0. The van der Waals surface area contributed by atoms with E-state index in [0.717, 1.165) is 5.57 Å². The molecule has 0 aromatic heterocycles. The Bertz CT molecular complexity index is 415. The zero-order valence-corrected chi connectivity index (χ0v) is 11.0. The molecule has 2 heterocycles. The predicted molar refractivity (Wildman–Crippen MR) is 64.9 cm³/mol. The van der Waals surface area contributed by atoms with E-state index in [1.165, 1.54) is 7.11 Å². The van der Waals surface area contributed by atoms with E-state index in [0.29, 0.717) is 31.6 Å². The Balaban J connectivity index is 2.15. The van der Waals surface area contributed by atoms with Gasteiger partial charge in [-0.1, -0.05) is 6.92 Å². The molecular formula is C13H19NO4. The summed E-state index contributed by atoms with van der Waals surface area (Å²) in [6.07, 6.45) is 1.52. The Hall–Kier alpha value is -1.36. The number of allylic oxidation sites excluding steroid dienone is 2. The number of esters is 1. The minimum Gasteiger partial charge on any atom is -0.490 e. The van der Waals surface area contributed by atoms with E-state index >= 15 is 0 Å². The third-order valence-corrected chi connectivity index (χ3v) is 3.70. The van der Waals surface area contributed by atoms with Crippen LogP contribution < -0.4 is 5.32 Å². The minimum atomic E-state index is -0.571. The monoisotopic (exact) mass is 253 g/mol. The van der Waals surface area contributed by atoms with Crippen molar-refractivity contribution in [1.82, 2.24) is 5.32 Å². The van der Waals surface area contributed by atoms with Gasteiger partial charge >= 0.3 is 5.97 Å². The van der Waals surface area contributed by atoms with Crippen molar-refractivity contribution >= 4 is 11.8 Å². The van der Waals surface area contributed by atoms with Crippen LogP contribution in [-0.4, -0.2) is 37.0 Å². The van der Waals surface area contributed by atoms with Crippen LogP contribution >= 0.6 is 0 Å². The highest BCUT2D eigenvalue weighted by atomic mass is 16.5. The molecule has 2 atom stereocenters. The molecule has 0 aliphatic carbocycles. The van der Waals surface area contributed by atoms with Crippen LogP contribution in [0, 0.1) is 0 Å². The van der Waals surface area contributed by atoms with E-state index in [2.05, 4.69) is 5.32 Å². The molecular weight excluding hydrogens is 234 g/mol. The molecule has 1 spiro atoms. The molecule has 1 fully saturated rings. The summed E-state index contributed by atoms with van der Waals surface area (Å²) in [7, 11) is 1.36. The lowest BCUT2D eigenvalue weighted by Crippen LogP contribution is -2.41. The molecule has 2 aliphatic rings. The highest BCUT2D eigenvalue weighted by Gasteiger charge is 2.48. The Kier molecular flexibility index (Phi) is 3.43. The van der Waals surface area contributed by atoms with Gasteiger partial charge in [-0.05, 0) is 13.3 Å². The lowest BCUT2D eigenvalue weighted by molar-refractivity contribution is -0.143. The van der Waals surface area contributed by atoms with Gasteiger partial charge in [0.1, 0.15) is 17.4 Å². The lowest BCUT2D eigenvalue weighted by atomic mass is 9.87. The number of rotatable bonds is 2. The maximum atomic E-state index is 12.1. The number of hydrogen-bond acceptors (Lipinski definition) is 5. The van der Waals surface area contributed by atoms with Gasteiger partial charge in [0.05, 0.1) is 13.5 Å². The summed E-state index contributed by atoms with van der Waals surface area (Å²) in [5.74, 6) is 0.528. The molecule has 18 heavy (non-hydrogen) atoms. The number of carbonyl (C=O) groups is 2. The van der Waals surface area contributed by atoms with Crippen molar-refractivity contribution in [3.63, 3.8) is 0 Å². The zero-order chi connectivity index (χ0) is 13.3. The first-order valence-corrected chi connectivity index (χ1v) is 6.24. The lowest BCUT2D eigenvalue weighted by Gasteiger charge is -2.34. The van der Waals surface area contributed by atoms with E-state index < -0.39 is 5.60 Å². The maximum Gasteiger partial charge on any atom is 0.323 e. The Morgan fingerprint density at radius 3 is 2.89 bits per heavy atom. The van der Waals surface area contributed by atoms with Crippen molar-refractivity contribution in [2.75, 3.05) is 13.7 Å². The van der Waals surface area contributed by atoms with E-state index in [4.69, 9.17) is 9.47 Å². The van der Waals surface area contributed by atoms with Gasteiger partial charge in [-0.15, -0.1) is 0 Å². The largest absolute Gasteiger partial charge is 0.490 e. The molecule has 2 rings (SSSR count). The van der Waals surface area contributed by atoms with Crippen LogP contribution in [-0.2, 0) is 19.1 Å². The quantitative estimate of drug-likeness (QED) is 0.742. The van der Waals surface area contributed by atoms with Crippen molar-refractivity contribution in [2.45, 2.75) is 44.8 Å². The van der Waals surface area contributed by atoms with Crippen LogP contribution in [0.3, 0.4) is 0 Å². The van der Waals surface area contributed by atoms with Crippen LogP contribution in [0.2, 0.25) is 0 Å². The van der Waals surface area contributed by atoms with E-state index in [1.54, 1.807) is 0 Å². The summed E-state index contributed by atoms with van der Waals surface area (Å²) in [5.41, 5.74) is 0.195. The fourth-order valence-electron chi connectivity index (χ4n) is 2.81. The van der Waals surface area contributed by atoms with Gasteiger partial charge in [0.15, 0.2) is 5.78 Å². The molecule has 0 radical (unpaired) electrons.